The summed E-state index contributed by atoms with van der Waals surface area (Å²) >= 11 is 4.04. The summed E-state index contributed by atoms with van der Waals surface area (Å²) in [6.45, 7) is 18.8. The highest BCUT2D eigenvalue weighted by Crippen LogP contribution is 2.31. The molecule has 1 aliphatic heterocycles. The molecule has 1 aliphatic rings. The molecule has 179 valence electrons. The number of ether oxygens (including phenoxy) is 2. The van der Waals surface area contributed by atoms with E-state index in [1.807, 2.05) is 6.92 Å². The molecule has 1 radical (unpaired) electrons. The van der Waals surface area contributed by atoms with Gasteiger partial charge in [-0.15, -0.1) is 0 Å². The minimum atomic E-state index is -1.26. The van der Waals surface area contributed by atoms with Crippen molar-refractivity contribution in [2.24, 2.45) is 11.3 Å². The number of esters is 1. The van der Waals surface area contributed by atoms with Crippen molar-refractivity contribution in [3.05, 3.63) is 12.2 Å². The summed E-state index contributed by atoms with van der Waals surface area (Å²) in [4.78, 5) is 50.0. The molecule has 0 bridgehead atoms. The van der Waals surface area contributed by atoms with Crippen LogP contribution in [-0.4, -0.2) is 58.8 Å². The number of carbonyl (C=O) groups is 4. The quantitative estimate of drug-likeness (QED) is 0.165. The molecule has 2 unspecified atom stereocenters. The number of nitrogens with zero attached hydrogens (tertiary/aromatic N) is 1. The van der Waals surface area contributed by atoms with Crippen molar-refractivity contribution in [3.63, 3.8) is 0 Å². The van der Waals surface area contributed by atoms with Gasteiger partial charge in [-0.25, -0.2) is 0 Å². The number of rotatable bonds is 11. The second kappa shape index (κ2) is 10.6. The van der Waals surface area contributed by atoms with Gasteiger partial charge in [0.1, 0.15) is 16.9 Å². The highest BCUT2D eigenvalue weighted by molar-refractivity contribution is 7.81. The molecule has 0 aromatic carbocycles. The van der Waals surface area contributed by atoms with Crippen LogP contribution < -0.4 is 0 Å². The molecular weight excluding hydrogens is 429 g/mol. The van der Waals surface area contributed by atoms with E-state index in [0.717, 1.165) is 17.8 Å². The highest BCUT2D eigenvalue weighted by atomic mass is 32.1. The summed E-state index contributed by atoms with van der Waals surface area (Å²) in [5, 5.41) is -0.729. The van der Waals surface area contributed by atoms with Crippen LogP contribution in [0.1, 0.15) is 74.7 Å². The number of carbonyl (C=O) groups excluding carboxylic acids is 4. The van der Waals surface area contributed by atoms with Crippen LogP contribution in [0.25, 0.3) is 0 Å². The Labute approximate surface area is 198 Å². The summed E-state index contributed by atoms with van der Waals surface area (Å²) in [6.07, 6.45) is 0.952. The molecule has 1 saturated heterocycles. The lowest BCUT2D eigenvalue weighted by molar-refractivity contribution is -0.164. The molecule has 0 N–H and O–H groups in total. The van der Waals surface area contributed by atoms with E-state index in [9.17, 15) is 19.2 Å². The average molecular weight is 466 g/mol. The van der Waals surface area contributed by atoms with Crippen LogP contribution in [0.4, 0.5) is 0 Å². The molecule has 2 amide bonds. The maximum atomic E-state index is 12.8. The first-order valence-corrected chi connectivity index (χ1v) is 11.3. The molecule has 0 aromatic heterocycles. The summed E-state index contributed by atoms with van der Waals surface area (Å²) in [5.74, 6) is -1.70. The molecule has 9 heteroatoms. The molecule has 1 heterocycles. The lowest BCUT2D eigenvalue weighted by atomic mass is 9.75. The number of hydrogen-bond donors (Lipinski definition) is 1. The Balaban J connectivity index is 2.64. The maximum absolute atomic E-state index is 12.8. The van der Waals surface area contributed by atoms with Gasteiger partial charge in [0, 0.05) is 12.8 Å². The Morgan fingerprint density at radius 1 is 1.19 bits per heavy atom. The van der Waals surface area contributed by atoms with Gasteiger partial charge in [-0.05, 0) is 46.5 Å². The molecule has 1 fully saturated rings. The smallest absolute Gasteiger partial charge is 0.349 e. The molecule has 1 rings (SSSR count). The fourth-order valence-electron chi connectivity index (χ4n) is 3.13. The van der Waals surface area contributed by atoms with Gasteiger partial charge >= 0.3 is 13.4 Å². The summed E-state index contributed by atoms with van der Waals surface area (Å²) in [7, 11) is 0.982. The Kier molecular flexibility index (Phi) is 9.37. The van der Waals surface area contributed by atoms with Gasteiger partial charge in [0.25, 0.3) is 0 Å². The first kappa shape index (κ1) is 28.4. The van der Waals surface area contributed by atoms with Gasteiger partial charge in [-0.1, -0.05) is 32.9 Å². The first-order valence-electron chi connectivity index (χ1n) is 10.8. The first-order chi connectivity index (χ1) is 14.4. The summed E-state index contributed by atoms with van der Waals surface area (Å²) < 4.78 is 11.5. The topological polar surface area (TPSA) is 90.0 Å². The number of amides is 2. The van der Waals surface area contributed by atoms with Gasteiger partial charge in [0.2, 0.25) is 11.8 Å². The van der Waals surface area contributed by atoms with Crippen LogP contribution in [0.2, 0.25) is 0 Å². The Bertz CT molecular complexity index is 771. The van der Waals surface area contributed by atoms with Crippen molar-refractivity contribution in [1.29, 1.82) is 0 Å². The third-order valence-corrected chi connectivity index (χ3v) is 5.64. The third kappa shape index (κ3) is 8.39. The minimum absolute atomic E-state index is 0.0348. The van der Waals surface area contributed by atoms with E-state index in [-0.39, 0.29) is 24.4 Å². The standard InChI is InChI=1S/C23H37BNO6S/c1-14(2)15(13-21(3,4)5)19(28)31-22(6,7)10-11-30-23(8,9)20(29)24-25-17(26)12-16(32)18(25)27/h15-16,32H,1,10-13H2,2-9H3. The zero-order valence-electron chi connectivity index (χ0n) is 20.6. The second-order valence-corrected chi connectivity index (χ2v) is 11.4. The molecule has 0 aliphatic carbocycles. The number of imide groups is 1. The fraction of sp³-hybridized carbons (Fsp3) is 0.739. The van der Waals surface area contributed by atoms with Crippen molar-refractivity contribution >= 4 is 43.5 Å². The maximum Gasteiger partial charge on any atom is 0.349 e. The fourth-order valence-corrected chi connectivity index (χ4v) is 3.41. The van der Waals surface area contributed by atoms with E-state index in [2.05, 4.69) is 40.0 Å². The van der Waals surface area contributed by atoms with Crippen LogP contribution >= 0.6 is 12.6 Å². The molecule has 32 heavy (non-hydrogen) atoms. The number of thiol groups is 1. The molecule has 0 spiro atoms. The molecule has 2 atom stereocenters. The average Bonchev–Trinajstić information content (AvgIpc) is 2.83. The zero-order valence-corrected chi connectivity index (χ0v) is 21.5. The van der Waals surface area contributed by atoms with Crippen molar-refractivity contribution in [1.82, 2.24) is 4.81 Å². The molecule has 0 saturated carbocycles. The van der Waals surface area contributed by atoms with Crippen LogP contribution in [0.15, 0.2) is 12.2 Å². The van der Waals surface area contributed by atoms with E-state index in [1.54, 1.807) is 27.7 Å². The van der Waals surface area contributed by atoms with Gasteiger partial charge < -0.3 is 19.1 Å². The Morgan fingerprint density at radius 3 is 2.19 bits per heavy atom. The van der Waals surface area contributed by atoms with E-state index in [4.69, 9.17) is 9.47 Å². The van der Waals surface area contributed by atoms with E-state index < -0.39 is 39.9 Å². The predicted octanol–water partition coefficient (Wildman–Crippen LogP) is 3.33. The molecule has 0 aromatic rings. The summed E-state index contributed by atoms with van der Waals surface area (Å²) in [6, 6.07) is 0. The zero-order chi connectivity index (χ0) is 25.1. The van der Waals surface area contributed by atoms with Crippen LogP contribution in [0.3, 0.4) is 0 Å². The highest BCUT2D eigenvalue weighted by Gasteiger charge is 2.41. The second-order valence-electron chi connectivity index (χ2n) is 10.8. The molecule has 7 nitrogen and oxygen atoms in total. The van der Waals surface area contributed by atoms with Crippen molar-refractivity contribution < 1.29 is 28.7 Å². The van der Waals surface area contributed by atoms with Gasteiger partial charge in [0.15, 0.2) is 0 Å². The monoisotopic (exact) mass is 466 g/mol. The minimum Gasteiger partial charge on any atom is -0.459 e. The van der Waals surface area contributed by atoms with Gasteiger partial charge in [0.05, 0.1) is 17.8 Å². The van der Waals surface area contributed by atoms with Crippen molar-refractivity contribution in [2.45, 2.75) is 91.1 Å². The third-order valence-electron chi connectivity index (χ3n) is 5.24. The van der Waals surface area contributed by atoms with Gasteiger partial charge in [-0.3, -0.25) is 14.4 Å². The Hall–Kier alpha value is -1.61. The van der Waals surface area contributed by atoms with Gasteiger partial charge in [-0.2, -0.15) is 12.6 Å². The number of hydrogen-bond acceptors (Lipinski definition) is 7. The van der Waals surface area contributed by atoms with Crippen LogP contribution in [-0.2, 0) is 28.7 Å². The lowest BCUT2D eigenvalue weighted by Gasteiger charge is -2.32. The normalized spacial score (nSPS) is 18.5. The SMILES string of the molecule is C=C(C)C(CC(C)(C)C)C(=O)OC(C)(C)CCOC(C)(C)C(=O)[B]N1C(=O)CC(S)C1=O. The van der Waals surface area contributed by atoms with Crippen molar-refractivity contribution in [2.75, 3.05) is 6.61 Å². The van der Waals surface area contributed by atoms with E-state index in [1.165, 1.54) is 0 Å². The van der Waals surface area contributed by atoms with E-state index >= 15 is 0 Å². The largest absolute Gasteiger partial charge is 0.459 e. The molecular formula is C23H37BNO6S. The van der Waals surface area contributed by atoms with Crippen LogP contribution in [0, 0.1) is 11.3 Å². The van der Waals surface area contributed by atoms with E-state index in [0.29, 0.717) is 12.8 Å². The van der Waals surface area contributed by atoms with Crippen LogP contribution in [0.5, 0.6) is 0 Å². The Morgan fingerprint density at radius 2 is 1.75 bits per heavy atom. The summed E-state index contributed by atoms with van der Waals surface area (Å²) in [5.41, 5.74) is -1.88. The van der Waals surface area contributed by atoms with Crippen molar-refractivity contribution in [3.8, 4) is 0 Å². The lowest BCUT2D eigenvalue weighted by Crippen LogP contribution is -2.48. The predicted molar refractivity (Wildman–Crippen MR) is 127 cm³/mol.